The molecule has 0 bridgehead atoms. The number of aromatic nitrogens is 3. The lowest BCUT2D eigenvalue weighted by Crippen LogP contribution is -2.11. The molecular formula is C30H27BrN4O3S. The van der Waals surface area contributed by atoms with Crippen molar-refractivity contribution in [1.82, 2.24) is 14.8 Å². The largest absolute Gasteiger partial charge is 0.488 e. The van der Waals surface area contributed by atoms with Gasteiger partial charge in [-0.25, -0.2) is 0 Å². The number of halogens is 1. The van der Waals surface area contributed by atoms with Crippen LogP contribution in [0.25, 0.3) is 16.5 Å². The number of nitrogens with zero attached hydrogens (tertiary/aromatic N) is 4. The molecule has 1 heterocycles. The highest BCUT2D eigenvalue weighted by Crippen LogP contribution is 2.39. The van der Waals surface area contributed by atoms with Gasteiger partial charge in [-0.2, -0.15) is 0 Å². The van der Waals surface area contributed by atoms with Crippen molar-refractivity contribution >= 4 is 38.5 Å². The highest BCUT2D eigenvalue weighted by atomic mass is 79.9. The number of aryl methyl sites for hydroxylation is 3. The van der Waals surface area contributed by atoms with Crippen molar-refractivity contribution < 1.29 is 9.66 Å². The summed E-state index contributed by atoms with van der Waals surface area (Å²) in [5.41, 5.74) is 5.17. The van der Waals surface area contributed by atoms with Crippen LogP contribution in [0.5, 0.6) is 5.75 Å². The van der Waals surface area contributed by atoms with Gasteiger partial charge in [0, 0.05) is 10.6 Å². The van der Waals surface area contributed by atoms with Crippen LogP contribution in [0.4, 0.5) is 0 Å². The van der Waals surface area contributed by atoms with E-state index in [2.05, 4.69) is 76.4 Å². The molecule has 198 valence electrons. The van der Waals surface area contributed by atoms with Crippen LogP contribution in [0.3, 0.4) is 0 Å². The number of thioether (sulfide) groups is 1. The second kappa shape index (κ2) is 11.6. The average molecular weight is 604 g/mol. The van der Waals surface area contributed by atoms with E-state index in [1.165, 1.54) is 17.3 Å². The molecule has 9 heteroatoms. The average Bonchev–Trinajstić information content (AvgIpc) is 3.28. The van der Waals surface area contributed by atoms with Crippen molar-refractivity contribution in [3.63, 3.8) is 0 Å². The Labute approximate surface area is 239 Å². The summed E-state index contributed by atoms with van der Waals surface area (Å²) in [5.74, 6) is 1.39. The van der Waals surface area contributed by atoms with E-state index < -0.39 is 5.25 Å². The topological polar surface area (TPSA) is 83.1 Å². The minimum absolute atomic E-state index is 0.258. The van der Waals surface area contributed by atoms with Gasteiger partial charge in [0.25, 0.3) is 0 Å². The van der Waals surface area contributed by atoms with Crippen molar-refractivity contribution in [2.45, 2.75) is 37.8 Å². The Balaban J connectivity index is 1.39. The van der Waals surface area contributed by atoms with E-state index in [1.54, 1.807) is 0 Å². The Bertz CT molecular complexity index is 1660. The van der Waals surface area contributed by atoms with Gasteiger partial charge in [0.1, 0.15) is 23.4 Å². The van der Waals surface area contributed by atoms with Gasteiger partial charge in [0.15, 0.2) is 5.16 Å². The van der Waals surface area contributed by atoms with Gasteiger partial charge in [-0.05, 0) is 94.0 Å². The molecule has 0 aliphatic rings. The summed E-state index contributed by atoms with van der Waals surface area (Å²) in [4.78, 5) is 11.4. The van der Waals surface area contributed by atoms with E-state index in [0.29, 0.717) is 17.5 Å². The van der Waals surface area contributed by atoms with Crippen LogP contribution in [-0.4, -0.2) is 26.2 Å². The third kappa shape index (κ3) is 5.99. The third-order valence-corrected chi connectivity index (χ3v) is 8.50. The van der Waals surface area contributed by atoms with E-state index in [4.69, 9.17) is 4.74 Å². The molecule has 0 amide bonds. The fraction of sp³-hybridized carbons (Fsp3) is 0.200. The van der Waals surface area contributed by atoms with Crippen LogP contribution in [0.2, 0.25) is 0 Å². The molecule has 1 aromatic heterocycles. The van der Waals surface area contributed by atoms with Gasteiger partial charge >= 0.3 is 0 Å². The number of nitro groups is 1. The Morgan fingerprint density at radius 1 is 0.974 bits per heavy atom. The van der Waals surface area contributed by atoms with Crippen molar-refractivity contribution in [1.29, 1.82) is 0 Å². The zero-order valence-electron chi connectivity index (χ0n) is 21.8. The first-order chi connectivity index (χ1) is 18.8. The maximum Gasteiger partial charge on any atom is 0.220 e. The lowest BCUT2D eigenvalue weighted by Gasteiger charge is -2.16. The van der Waals surface area contributed by atoms with Crippen LogP contribution < -0.4 is 4.74 Å². The molecule has 0 saturated carbocycles. The molecule has 5 aromatic rings. The van der Waals surface area contributed by atoms with Gasteiger partial charge < -0.3 is 4.74 Å². The predicted octanol–water partition coefficient (Wildman–Crippen LogP) is 7.80. The smallest absolute Gasteiger partial charge is 0.220 e. The number of rotatable bonds is 9. The first-order valence-corrected chi connectivity index (χ1v) is 14.1. The van der Waals surface area contributed by atoms with E-state index in [9.17, 15) is 10.1 Å². The van der Waals surface area contributed by atoms with Crippen LogP contribution in [0.1, 0.15) is 33.3 Å². The molecule has 4 aromatic carbocycles. The molecule has 0 aliphatic heterocycles. The second-order valence-electron chi connectivity index (χ2n) is 9.37. The number of benzene rings is 4. The summed E-state index contributed by atoms with van der Waals surface area (Å²) in [5, 5.41) is 22.7. The minimum Gasteiger partial charge on any atom is -0.488 e. The monoisotopic (exact) mass is 602 g/mol. The summed E-state index contributed by atoms with van der Waals surface area (Å²) >= 11 is 4.96. The highest BCUT2D eigenvalue weighted by molar-refractivity contribution is 9.10. The number of ether oxygens (including phenoxy) is 1. The van der Waals surface area contributed by atoms with Crippen LogP contribution in [-0.2, 0) is 6.61 Å². The van der Waals surface area contributed by atoms with Gasteiger partial charge in [0.05, 0.1) is 4.47 Å². The maximum atomic E-state index is 11.6. The summed E-state index contributed by atoms with van der Waals surface area (Å²) in [6.07, 6.45) is 0. The molecule has 0 N–H and O–H groups in total. The second-order valence-corrected chi connectivity index (χ2v) is 11.4. The number of hydrogen-bond acceptors (Lipinski definition) is 6. The van der Waals surface area contributed by atoms with Gasteiger partial charge in [-0.1, -0.05) is 66.4 Å². The zero-order valence-corrected chi connectivity index (χ0v) is 24.2. The Hall–Kier alpha value is -3.69. The van der Waals surface area contributed by atoms with Crippen molar-refractivity contribution in [2.75, 3.05) is 6.54 Å². The molecular weight excluding hydrogens is 576 g/mol. The quantitative estimate of drug-likeness (QED) is 0.0972. The van der Waals surface area contributed by atoms with E-state index in [0.717, 1.165) is 43.4 Å². The molecule has 1 atom stereocenters. The van der Waals surface area contributed by atoms with E-state index in [1.807, 2.05) is 54.0 Å². The Kier molecular flexibility index (Phi) is 7.99. The van der Waals surface area contributed by atoms with Crippen molar-refractivity contribution in [2.24, 2.45) is 0 Å². The molecule has 0 saturated heterocycles. The summed E-state index contributed by atoms with van der Waals surface area (Å²) in [7, 11) is 0. The molecule has 7 nitrogen and oxygen atoms in total. The molecule has 39 heavy (non-hydrogen) atoms. The number of fused-ring (bicyclic) bond motifs is 1. The first-order valence-electron chi connectivity index (χ1n) is 12.5. The maximum absolute atomic E-state index is 11.6. The molecule has 0 spiro atoms. The molecule has 0 unspecified atom stereocenters. The Morgan fingerprint density at radius 2 is 1.77 bits per heavy atom. The van der Waals surface area contributed by atoms with Crippen LogP contribution >= 0.6 is 27.7 Å². The summed E-state index contributed by atoms with van der Waals surface area (Å²) < 4.78 is 8.83. The minimum atomic E-state index is -0.475. The van der Waals surface area contributed by atoms with E-state index in [-0.39, 0.29) is 11.5 Å². The predicted molar refractivity (Wildman–Crippen MR) is 158 cm³/mol. The van der Waals surface area contributed by atoms with Gasteiger partial charge in [0.2, 0.25) is 6.54 Å². The van der Waals surface area contributed by atoms with Crippen molar-refractivity contribution in [3.8, 4) is 11.4 Å². The molecule has 0 radical (unpaired) electrons. The third-order valence-electron chi connectivity index (χ3n) is 6.70. The van der Waals surface area contributed by atoms with E-state index >= 15 is 0 Å². The Morgan fingerprint density at radius 3 is 2.54 bits per heavy atom. The molecule has 5 rings (SSSR count). The number of hydrogen-bond donors (Lipinski definition) is 0. The highest BCUT2D eigenvalue weighted by Gasteiger charge is 2.25. The summed E-state index contributed by atoms with van der Waals surface area (Å²) in [6.45, 7) is 6.15. The van der Waals surface area contributed by atoms with Gasteiger partial charge in [-0.3, -0.25) is 14.7 Å². The SMILES string of the molecule is Cc1ccc(-n2c(C)nnc2S[C@@H](C[N+](=O)[O-])c2ccc(OCc3cccc4ccccc34)c(Br)c2)cc1C. The first kappa shape index (κ1) is 26.9. The van der Waals surface area contributed by atoms with Crippen LogP contribution in [0.15, 0.2) is 88.5 Å². The fourth-order valence-electron chi connectivity index (χ4n) is 4.46. The van der Waals surface area contributed by atoms with Gasteiger partial charge in [-0.15, -0.1) is 10.2 Å². The standard InChI is InChI=1S/C30H27BrN4O3S/c1-19-11-13-25(15-20(19)2)35-21(3)32-33-30(35)39-29(17-34(36)37)23-12-14-28(27(31)16-23)38-18-24-9-6-8-22-7-4-5-10-26(22)24/h4-16,29H,17-18H2,1-3H3/t29-/m0/s1. The van der Waals surface area contributed by atoms with Crippen molar-refractivity contribution in [3.05, 3.63) is 122 Å². The normalized spacial score (nSPS) is 12.0. The molecule has 0 fully saturated rings. The van der Waals surface area contributed by atoms with Crippen LogP contribution in [0, 0.1) is 30.9 Å². The lowest BCUT2D eigenvalue weighted by atomic mass is 10.1. The lowest BCUT2D eigenvalue weighted by molar-refractivity contribution is -0.479. The molecule has 0 aliphatic carbocycles. The zero-order chi connectivity index (χ0) is 27.5. The fourth-order valence-corrected chi connectivity index (χ4v) is 6.14. The summed E-state index contributed by atoms with van der Waals surface area (Å²) in [6, 6.07) is 26.2.